The third-order valence-corrected chi connectivity index (χ3v) is 5.86. The second-order valence-electron chi connectivity index (χ2n) is 7.45. The van der Waals surface area contributed by atoms with Crippen molar-refractivity contribution in [2.75, 3.05) is 39.8 Å². The van der Waals surface area contributed by atoms with Gasteiger partial charge in [-0.3, -0.25) is 19.5 Å². The molecular formula is C19H29N5O3. The minimum Gasteiger partial charge on any atom is -0.345 e. The number of carbonyl (C=O) groups is 3. The van der Waals surface area contributed by atoms with Crippen LogP contribution in [0.5, 0.6) is 0 Å². The number of hydrogen-bond acceptors (Lipinski definition) is 4. The van der Waals surface area contributed by atoms with Gasteiger partial charge in [0.2, 0.25) is 11.8 Å². The second kappa shape index (κ2) is 8.10. The summed E-state index contributed by atoms with van der Waals surface area (Å²) in [6.45, 7) is 7.09. The van der Waals surface area contributed by atoms with Crippen LogP contribution >= 0.6 is 0 Å². The van der Waals surface area contributed by atoms with Crippen molar-refractivity contribution in [2.45, 2.75) is 39.0 Å². The predicted molar refractivity (Wildman–Crippen MR) is 100 cm³/mol. The van der Waals surface area contributed by atoms with E-state index < -0.39 is 0 Å². The molecule has 0 radical (unpaired) electrons. The van der Waals surface area contributed by atoms with Crippen molar-refractivity contribution < 1.29 is 14.4 Å². The minimum absolute atomic E-state index is 0.00904. The number of H-pyrrole nitrogens is 1. The quantitative estimate of drug-likeness (QED) is 0.834. The van der Waals surface area contributed by atoms with Gasteiger partial charge in [-0.2, -0.15) is 5.10 Å². The van der Waals surface area contributed by atoms with E-state index >= 15 is 0 Å². The number of rotatable bonds is 5. The first-order chi connectivity index (χ1) is 13.0. The van der Waals surface area contributed by atoms with Crippen molar-refractivity contribution in [2.24, 2.45) is 5.92 Å². The molecule has 1 unspecified atom stereocenters. The van der Waals surface area contributed by atoms with Gasteiger partial charge in [-0.1, -0.05) is 0 Å². The number of aromatic nitrogens is 2. The molecule has 0 bridgehead atoms. The second-order valence-corrected chi connectivity index (χ2v) is 7.45. The summed E-state index contributed by atoms with van der Waals surface area (Å²) in [5.74, 6) is 0.107. The van der Waals surface area contributed by atoms with Gasteiger partial charge in [0.25, 0.3) is 5.91 Å². The Kier molecular flexibility index (Phi) is 5.82. The van der Waals surface area contributed by atoms with Crippen molar-refractivity contribution in [1.82, 2.24) is 24.9 Å². The maximum atomic E-state index is 12.7. The van der Waals surface area contributed by atoms with Crippen LogP contribution in [-0.4, -0.2) is 82.4 Å². The van der Waals surface area contributed by atoms with E-state index in [1.807, 2.05) is 18.7 Å². The van der Waals surface area contributed by atoms with Gasteiger partial charge in [-0.25, -0.2) is 0 Å². The summed E-state index contributed by atoms with van der Waals surface area (Å²) < 4.78 is 0. The van der Waals surface area contributed by atoms with Crippen LogP contribution in [0.3, 0.4) is 0 Å². The van der Waals surface area contributed by atoms with Gasteiger partial charge in [0.1, 0.15) is 0 Å². The SMILES string of the molecule is CCN(CC)C(=O)c1cn[nH]c1C1CCN(C(=O)C2CC(=O)N(C)C2)CC1. The normalized spacial score (nSPS) is 21.0. The molecule has 1 aromatic rings. The van der Waals surface area contributed by atoms with E-state index in [0.29, 0.717) is 44.7 Å². The lowest BCUT2D eigenvalue weighted by atomic mass is 9.90. The molecule has 8 nitrogen and oxygen atoms in total. The van der Waals surface area contributed by atoms with Crippen LogP contribution in [0.1, 0.15) is 55.1 Å². The van der Waals surface area contributed by atoms with Gasteiger partial charge in [0.15, 0.2) is 0 Å². The zero-order valence-corrected chi connectivity index (χ0v) is 16.4. The molecule has 2 aliphatic heterocycles. The molecule has 3 rings (SSSR count). The standard InChI is InChI=1S/C19H29N5O3/c1-4-23(5-2)19(27)15-11-20-21-17(15)13-6-8-24(9-7-13)18(26)14-10-16(25)22(3)12-14/h11,13-14H,4-10,12H2,1-3H3,(H,20,21). The van der Waals surface area contributed by atoms with Gasteiger partial charge in [0.05, 0.1) is 23.4 Å². The smallest absolute Gasteiger partial charge is 0.257 e. The van der Waals surface area contributed by atoms with E-state index in [1.165, 1.54) is 0 Å². The van der Waals surface area contributed by atoms with E-state index in [0.717, 1.165) is 18.5 Å². The average Bonchev–Trinajstić information content (AvgIpc) is 3.29. The minimum atomic E-state index is -0.217. The largest absolute Gasteiger partial charge is 0.345 e. The van der Waals surface area contributed by atoms with E-state index in [-0.39, 0.29) is 29.6 Å². The number of likely N-dealkylation sites (tertiary alicyclic amines) is 2. The van der Waals surface area contributed by atoms with Crippen LogP contribution in [0, 0.1) is 5.92 Å². The molecule has 1 aromatic heterocycles. The van der Waals surface area contributed by atoms with Crippen LogP contribution in [-0.2, 0) is 9.59 Å². The first kappa shape index (κ1) is 19.4. The molecule has 0 aliphatic carbocycles. The van der Waals surface area contributed by atoms with Crippen molar-refractivity contribution in [3.05, 3.63) is 17.5 Å². The van der Waals surface area contributed by atoms with Gasteiger partial charge in [-0.05, 0) is 26.7 Å². The van der Waals surface area contributed by atoms with Gasteiger partial charge in [-0.15, -0.1) is 0 Å². The van der Waals surface area contributed by atoms with Gasteiger partial charge >= 0.3 is 0 Å². The maximum Gasteiger partial charge on any atom is 0.257 e. The molecule has 2 saturated heterocycles. The van der Waals surface area contributed by atoms with Crippen molar-refractivity contribution >= 4 is 17.7 Å². The highest BCUT2D eigenvalue weighted by molar-refractivity contribution is 5.95. The summed E-state index contributed by atoms with van der Waals surface area (Å²) in [4.78, 5) is 42.4. The molecule has 0 aromatic carbocycles. The van der Waals surface area contributed by atoms with Crippen molar-refractivity contribution in [3.63, 3.8) is 0 Å². The number of aromatic amines is 1. The molecule has 3 amide bonds. The highest BCUT2D eigenvalue weighted by atomic mass is 16.2. The fourth-order valence-corrected chi connectivity index (χ4v) is 4.13. The summed E-state index contributed by atoms with van der Waals surface area (Å²) in [5, 5.41) is 7.13. The number of amides is 3. The van der Waals surface area contributed by atoms with E-state index in [1.54, 1.807) is 23.0 Å². The third kappa shape index (κ3) is 3.84. The predicted octanol–water partition coefficient (Wildman–Crippen LogP) is 1.08. The lowest BCUT2D eigenvalue weighted by molar-refractivity contribution is -0.136. The molecule has 0 saturated carbocycles. The first-order valence-electron chi connectivity index (χ1n) is 9.81. The molecule has 2 fully saturated rings. The summed E-state index contributed by atoms with van der Waals surface area (Å²) in [6.07, 6.45) is 3.53. The highest BCUT2D eigenvalue weighted by Crippen LogP contribution is 2.31. The number of carbonyl (C=O) groups excluding carboxylic acids is 3. The van der Waals surface area contributed by atoms with Crippen molar-refractivity contribution in [3.8, 4) is 0 Å². The van der Waals surface area contributed by atoms with Crippen LogP contribution in [0.4, 0.5) is 0 Å². The summed E-state index contributed by atoms with van der Waals surface area (Å²) >= 11 is 0. The Morgan fingerprint density at radius 3 is 2.48 bits per heavy atom. The summed E-state index contributed by atoms with van der Waals surface area (Å²) in [7, 11) is 1.74. The molecule has 1 N–H and O–H groups in total. The van der Waals surface area contributed by atoms with E-state index in [4.69, 9.17) is 0 Å². The molecule has 148 valence electrons. The van der Waals surface area contributed by atoms with Crippen LogP contribution < -0.4 is 0 Å². The Balaban J connectivity index is 1.62. The molecule has 8 heteroatoms. The number of nitrogens with one attached hydrogen (secondary N) is 1. The lowest BCUT2D eigenvalue weighted by Crippen LogP contribution is -2.42. The molecular weight excluding hydrogens is 346 g/mol. The Morgan fingerprint density at radius 1 is 1.26 bits per heavy atom. The Labute approximate surface area is 159 Å². The number of nitrogens with zero attached hydrogens (tertiary/aromatic N) is 4. The van der Waals surface area contributed by atoms with E-state index in [2.05, 4.69) is 10.2 Å². The summed E-state index contributed by atoms with van der Waals surface area (Å²) in [6, 6.07) is 0. The van der Waals surface area contributed by atoms with Crippen LogP contribution in [0.2, 0.25) is 0 Å². The topological polar surface area (TPSA) is 89.6 Å². The highest BCUT2D eigenvalue weighted by Gasteiger charge is 2.36. The molecule has 3 heterocycles. The van der Waals surface area contributed by atoms with Crippen molar-refractivity contribution in [1.29, 1.82) is 0 Å². The van der Waals surface area contributed by atoms with Gasteiger partial charge in [0, 0.05) is 52.1 Å². The molecule has 27 heavy (non-hydrogen) atoms. The third-order valence-electron chi connectivity index (χ3n) is 5.86. The van der Waals surface area contributed by atoms with Gasteiger partial charge < -0.3 is 14.7 Å². The van der Waals surface area contributed by atoms with Crippen LogP contribution in [0.25, 0.3) is 0 Å². The zero-order chi connectivity index (χ0) is 19.6. The number of hydrogen-bond donors (Lipinski definition) is 1. The Hall–Kier alpha value is -2.38. The van der Waals surface area contributed by atoms with E-state index in [9.17, 15) is 14.4 Å². The Bertz CT molecular complexity index is 704. The lowest BCUT2D eigenvalue weighted by Gasteiger charge is -2.33. The first-order valence-corrected chi connectivity index (χ1v) is 9.81. The Morgan fingerprint density at radius 2 is 1.93 bits per heavy atom. The maximum absolute atomic E-state index is 12.7. The fourth-order valence-electron chi connectivity index (χ4n) is 4.13. The fraction of sp³-hybridized carbons (Fsp3) is 0.684. The molecule has 0 spiro atoms. The number of piperidine rings is 1. The van der Waals surface area contributed by atoms with Crippen LogP contribution in [0.15, 0.2) is 6.20 Å². The molecule has 1 atom stereocenters. The average molecular weight is 375 g/mol. The zero-order valence-electron chi connectivity index (χ0n) is 16.4. The monoisotopic (exact) mass is 375 g/mol. The molecule has 2 aliphatic rings. The summed E-state index contributed by atoms with van der Waals surface area (Å²) in [5.41, 5.74) is 1.53.